The van der Waals surface area contributed by atoms with Gasteiger partial charge in [-0.25, -0.2) is 4.99 Å². The van der Waals surface area contributed by atoms with E-state index in [-0.39, 0.29) is 0 Å². The van der Waals surface area contributed by atoms with Gasteiger partial charge >= 0.3 is 0 Å². The van der Waals surface area contributed by atoms with E-state index in [2.05, 4.69) is 11.1 Å². The van der Waals surface area contributed by atoms with Crippen molar-refractivity contribution in [1.82, 2.24) is 0 Å². The topological polar surface area (TPSA) is 36.1 Å². The van der Waals surface area contributed by atoms with Gasteiger partial charge < -0.3 is 0 Å². The second kappa shape index (κ2) is 5.90. The van der Waals surface area contributed by atoms with Crippen molar-refractivity contribution < 1.29 is 0 Å². The second-order valence-electron chi connectivity index (χ2n) is 3.66. The number of hydrogen-bond acceptors (Lipinski definition) is 3. The lowest BCUT2D eigenvalue weighted by Crippen LogP contribution is -1.99. The first kappa shape index (κ1) is 12.2. The molecule has 0 aliphatic carbocycles. The average Bonchev–Trinajstić information content (AvgIpc) is 2.37. The number of benzene rings is 1. The molecule has 0 saturated heterocycles. The normalized spacial score (nSPS) is 14.8. The van der Waals surface area contributed by atoms with E-state index in [1.807, 2.05) is 30.5 Å². The van der Waals surface area contributed by atoms with Crippen LogP contribution in [-0.2, 0) is 0 Å². The molecule has 1 heterocycles. The van der Waals surface area contributed by atoms with Crippen LogP contribution in [0.4, 0.5) is 0 Å². The predicted molar refractivity (Wildman–Crippen MR) is 72.5 cm³/mol. The number of thioether (sulfide) groups is 1. The molecule has 0 amide bonds. The lowest BCUT2D eigenvalue weighted by atomic mass is 10.1. The summed E-state index contributed by atoms with van der Waals surface area (Å²) >= 11 is 7.61. The maximum absolute atomic E-state index is 8.95. The summed E-state index contributed by atoms with van der Waals surface area (Å²) in [5, 5.41) is 9.69. The van der Waals surface area contributed by atoms with Crippen molar-refractivity contribution in [3.63, 3.8) is 0 Å². The Hall–Kier alpha value is -1.24. The van der Waals surface area contributed by atoms with Gasteiger partial charge in [-0.05, 0) is 36.6 Å². The van der Waals surface area contributed by atoms with E-state index in [0.29, 0.717) is 5.70 Å². The molecule has 4 heteroatoms. The van der Waals surface area contributed by atoms with E-state index in [4.69, 9.17) is 16.9 Å². The van der Waals surface area contributed by atoms with E-state index in [1.54, 1.807) is 11.8 Å². The highest BCUT2D eigenvalue weighted by atomic mass is 35.5. The second-order valence-corrected chi connectivity index (χ2v) is 5.15. The first-order valence-electron chi connectivity index (χ1n) is 5.32. The summed E-state index contributed by atoms with van der Waals surface area (Å²) in [5.74, 6) is 0.806. The molecule has 0 spiro atoms. The Kier molecular flexibility index (Phi) is 4.24. The standard InChI is InChI=1S/C13H11ClN2S/c14-11-4-1-5-12(7-11)17-9-10-3-2-6-16-13(10)8-15/h1,4-7H,2-3,9H2. The molecule has 1 aromatic rings. The maximum atomic E-state index is 8.95. The van der Waals surface area contributed by atoms with Gasteiger partial charge in [0.15, 0.2) is 0 Å². The molecule has 0 N–H and O–H groups in total. The summed E-state index contributed by atoms with van der Waals surface area (Å²) < 4.78 is 0. The van der Waals surface area contributed by atoms with Crippen LogP contribution >= 0.6 is 23.4 Å². The van der Waals surface area contributed by atoms with Gasteiger partial charge in [0.1, 0.15) is 11.8 Å². The largest absolute Gasteiger partial charge is 0.250 e. The van der Waals surface area contributed by atoms with Crippen LogP contribution in [-0.4, -0.2) is 12.0 Å². The monoisotopic (exact) mass is 262 g/mol. The Morgan fingerprint density at radius 3 is 3.12 bits per heavy atom. The van der Waals surface area contributed by atoms with Crippen LogP contribution in [0.2, 0.25) is 5.02 Å². The van der Waals surface area contributed by atoms with Gasteiger partial charge in [-0.15, -0.1) is 11.8 Å². The highest BCUT2D eigenvalue weighted by molar-refractivity contribution is 7.99. The van der Waals surface area contributed by atoms with Crippen LogP contribution in [0.25, 0.3) is 0 Å². The number of nitrogens with zero attached hydrogens (tertiary/aromatic N) is 2. The van der Waals surface area contributed by atoms with Crippen LogP contribution in [0.15, 0.2) is 45.4 Å². The van der Waals surface area contributed by atoms with Crippen molar-refractivity contribution >= 4 is 29.6 Å². The molecule has 0 atom stereocenters. The Labute approximate surface area is 110 Å². The molecule has 86 valence electrons. The zero-order chi connectivity index (χ0) is 12.1. The lowest BCUT2D eigenvalue weighted by Gasteiger charge is -2.10. The molecular formula is C13H11ClN2S. The third-order valence-corrected chi connectivity index (χ3v) is 3.76. The molecule has 1 aliphatic rings. The Morgan fingerprint density at radius 1 is 1.47 bits per heavy atom. The summed E-state index contributed by atoms with van der Waals surface area (Å²) in [6, 6.07) is 9.89. The molecule has 0 fully saturated rings. The number of hydrogen-bond donors (Lipinski definition) is 0. The van der Waals surface area contributed by atoms with Crippen molar-refractivity contribution in [2.24, 2.45) is 4.99 Å². The number of rotatable bonds is 3. The fourth-order valence-electron chi connectivity index (χ4n) is 1.58. The minimum Gasteiger partial charge on any atom is -0.250 e. The van der Waals surface area contributed by atoms with Gasteiger partial charge in [0.25, 0.3) is 0 Å². The van der Waals surface area contributed by atoms with Crippen LogP contribution < -0.4 is 0 Å². The van der Waals surface area contributed by atoms with Gasteiger partial charge in [0.05, 0.1) is 0 Å². The maximum Gasteiger partial charge on any atom is 0.140 e. The molecule has 0 bridgehead atoms. The molecule has 0 unspecified atom stereocenters. The highest BCUT2D eigenvalue weighted by Gasteiger charge is 2.09. The molecule has 0 saturated carbocycles. The zero-order valence-corrected chi connectivity index (χ0v) is 10.8. The zero-order valence-electron chi connectivity index (χ0n) is 9.19. The minimum atomic E-state index is 0.575. The van der Waals surface area contributed by atoms with Gasteiger partial charge in [-0.1, -0.05) is 17.7 Å². The summed E-state index contributed by atoms with van der Waals surface area (Å²) in [6.07, 6.45) is 3.67. The van der Waals surface area contributed by atoms with Crippen molar-refractivity contribution in [2.75, 3.05) is 5.75 Å². The van der Waals surface area contributed by atoms with E-state index in [1.165, 1.54) is 0 Å². The smallest absolute Gasteiger partial charge is 0.140 e. The van der Waals surface area contributed by atoms with E-state index in [9.17, 15) is 0 Å². The summed E-state index contributed by atoms with van der Waals surface area (Å²) in [7, 11) is 0. The first-order valence-corrected chi connectivity index (χ1v) is 6.69. The molecular weight excluding hydrogens is 252 g/mol. The van der Waals surface area contributed by atoms with Crippen molar-refractivity contribution in [3.8, 4) is 6.07 Å². The average molecular weight is 263 g/mol. The van der Waals surface area contributed by atoms with Crippen LogP contribution in [0, 0.1) is 11.3 Å². The van der Waals surface area contributed by atoms with E-state index < -0.39 is 0 Å². The molecule has 0 aromatic heterocycles. The summed E-state index contributed by atoms with van der Waals surface area (Å²) in [5.41, 5.74) is 1.70. The molecule has 2 rings (SSSR count). The quantitative estimate of drug-likeness (QED) is 0.770. The third-order valence-electron chi connectivity index (χ3n) is 2.45. The summed E-state index contributed by atoms with van der Waals surface area (Å²) in [6.45, 7) is 0. The molecule has 1 aliphatic heterocycles. The Balaban J connectivity index is 2.05. The lowest BCUT2D eigenvalue weighted by molar-refractivity contribution is 0.978. The number of allylic oxidation sites excluding steroid dienone is 1. The number of nitriles is 1. The van der Waals surface area contributed by atoms with Gasteiger partial charge in [0.2, 0.25) is 0 Å². The molecule has 0 radical (unpaired) electrons. The SMILES string of the molecule is N#CC1=C(CSc2cccc(Cl)c2)CCC=N1. The van der Waals surface area contributed by atoms with Crippen molar-refractivity contribution in [1.29, 1.82) is 5.26 Å². The van der Waals surface area contributed by atoms with Crippen LogP contribution in [0.1, 0.15) is 12.8 Å². The fourth-order valence-corrected chi connectivity index (χ4v) is 2.84. The van der Waals surface area contributed by atoms with Crippen molar-refractivity contribution in [2.45, 2.75) is 17.7 Å². The van der Waals surface area contributed by atoms with Crippen molar-refractivity contribution in [3.05, 3.63) is 40.6 Å². The number of aliphatic imine (C=N–C) groups is 1. The van der Waals surface area contributed by atoms with E-state index >= 15 is 0 Å². The predicted octanol–water partition coefficient (Wildman–Crippen LogP) is 4.07. The van der Waals surface area contributed by atoms with E-state index in [0.717, 1.165) is 34.1 Å². The summed E-state index contributed by atoms with van der Waals surface area (Å²) in [4.78, 5) is 5.24. The Bertz CT molecular complexity index is 514. The first-order chi connectivity index (χ1) is 8.29. The van der Waals surface area contributed by atoms with Gasteiger partial charge in [0, 0.05) is 21.9 Å². The van der Waals surface area contributed by atoms with Crippen LogP contribution in [0.3, 0.4) is 0 Å². The van der Waals surface area contributed by atoms with Gasteiger partial charge in [-0.3, -0.25) is 0 Å². The molecule has 2 nitrogen and oxygen atoms in total. The third kappa shape index (κ3) is 3.36. The van der Waals surface area contributed by atoms with Crippen LogP contribution in [0.5, 0.6) is 0 Å². The van der Waals surface area contributed by atoms with Gasteiger partial charge in [-0.2, -0.15) is 5.26 Å². The molecule has 17 heavy (non-hydrogen) atoms. The molecule has 1 aromatic carbocycles. The Morgan fingerprint density at radius 2 is 2.35 bits per heavy atom. The minimum absolute atomic E-state index is 0.575. The number of halogens is 1. The fraction of sp³-hybridized carbons (Fsp3) is 0.231. The highest BCUT2D eigenvalue weighted by Crippen LogP contribution is 2.27.